The van der Waals surface area contributed by atoms with E-state index in [9.17, 15) is 15.3 Å². The first-order valence-electron chi connectivity index (χ1n) is 7.82. The number of hydrogen-bond acceptors (Lipinski definition) is 5. The van der Waals surface area contributed by atoms with Crippen LogP contribution in [0.2, 0.25) is 0 Å². The first-order chi connectivity index (χ1) is 11.7. The highest BCUT2D eigenvalue weighted by Gasteiger charge is 2.21. The fraction of sp³-hybridized carbons (Fsp3) is 0.278. The molecule has 0 aliphatic carbocycles. The number of nitrogens with two attached hydrogens (primary N) is 1. The number of pyridine rings is 1. The highest BCUT2D eigenvalue weighted by molar-refractivity contribution is 5.81. The Kier molecular flexibility index (Phi) is 4.33. The Morgan fingerprint density at radius 2 is 1.79 bits per heavy atom. The highest BCUT2D eigenvalue weighted by Crippen LogP contribution is 2.31. The molecule has 24 heavy (non-hydrogen) atoms. The van der Waals surface area contributed by atoms with Crippen molar-refractivity contribution in [2.75, 3.05) is 18.8 Å². The molecule has 0 bridgehead atoms. The van der Waals surface area contributed by atoms with Crippen LogP contribution in [0.1, 0.15) is 29.5 Å². The van der Waals surface area contributed by atoms with Gasteiger partial charge in [0.05, 0.1) is 0 Å². The van der Waals surface area contributed by atoms with Crippen LogP contribution in [0.4, 0.5) is 5.82 Å². The maximum Gasteiger partial charge on any atom is 0.268 e. The molecule has 2 heterocycles. The van der Waals surface area contributed by atoms with Gasteiger partial charge in [0.2, 0.25) is 0 Å². The zero-order valence-electron chi connectivity index (χ0n) is 13.2. The maximum atomic E-state index is 12.1. The fourth-order valence-electron chi connectivity index (χ4n) is 3.20. The van der Waals surface area contributed by atoms with E-state index in [4.69, 9.17) is 5.73 Å². The minimum Gasteiger partial charge on any atom is -0.384 e. The number of aromatic amines is 1. The minimum atomic E-state index is -0.569. The predicted molar refractivity (Wildman–Crippen MR) is 90.9 cm³/mol. The average Bonchev–Trinajstić information content (AvgIpc) is 3.08. The van der Waals surface area contributed by atoms with E-state index in [-0.39, 0.29) is 16.9 Å². The molecule has 0 unspecified atom stereocenters. The normalized spacial score (nSPS) is 14.2. The Hall–Kier alpha value is -3.09. The molecule has 0 radical (unpaired) electrons. The number of benzene rings is 1. The smallest absolute Gasteiger partial charge is 0.268 e. The number of rotatable bonds is 3. The van der Waals surface area contributed by atoms with Gasteiger partial charge in [0.25, 0.3) is 5.56 Å². The third kappa shape index (κ3) is 2.76. The Morgan fingerprint density at radius 1 is 1.12 bits per heavy atom. The Balaban J connectivity index is 2.21. The van der Waals surface area contributed by atoms with Gasteiger partial charge < -0.3 is 10.7 Å². The van der Waals surface area contributed by atoms with Gasteiger partial charge in [-0.2, -0.15) is 10.5 Å². The van der Waals surface area contributed by atoms with Crippen molar-refractivity contribution in [1.29, 1.82) is 10.5 Å². The topological polar surface area (TPSA) is 110 Å². The molecule has 1 saturated heterocycles. The van der Waals surface area contributed by atoms with Crippen molar-refractivity contribution >= 4 is 5.82 Å². The number of anilines is 1. The number of nitriles is 2. The standard InChI is InChI=1S/C18H17N5O/c19-9-14-16(15(10-20)18(24)22-17(14)21)13-6-2-1-5-12(13)11-23-7-3-4-8-23/h1-2,5-6H,3-4,7-8,11H2,(H3,21,22,24). The summed E-state index contributed by atoms with van der Waals surface area (Å²) in [5, 5.41) is 18.9. The maximum absolute atomic E-state index is 12.1. The molecule has 6 heteroatoms. The van der Waals surface area contributed by atoms with Gasteiger partial charge in [-0.3, -0.25) is 9.69 Å². The summed E-state index contributed by atoms with van der Waals surface area (Å²) in [7, 11) is 0. The molecule has 1 aromatic heterocycles. The molecule has 3 N–H and O–H groups in total. The van der Waals surface area contributed by atoms with Gasteiger partial charge >= 0.3 is 0 Å². The molecular weight excluding hydrogens is 302 g/mol. The lowest BCUT2D eigenvalue weighted by Crippen LogP contribution is -2.20. The molecule has 1 aliphatic heterocycles. The van der Waals surface area contributed by atoms with Crippen LogP contribution in [0.15, 0.2) is 29.1 Å². The fourth-order valence-corrected chi connectivity index (χ4v) is 3.20. The molecule has 2 aromatic rings. The number of hydrogen-bond donors (Lipinski definition) is 2. The van der Waals surface area contributed by atoms with E-state index >= 15 is 0 Å². The van der Waals surface area contributed by atoms with E-state index in [1.807, 2.05) is 36.4 Å². The molecule has 1 aliphatic rings. The van der Waals surface area contributed by atoms with Gasteiger partial charge in [-0.05, 0) is 37.1 Å². The van der Waals surface area contributed by atoms with Gasteiger partial charge in [0, 0.05) is 12.1 Å². The number of nitrogens with zero attached hydrogens (tertiary/aromatic N) is 3. The summed E-state index contributed by atoms with van der Waals surface area (Å²) < 4.78 is 0. The molecule has 120 valence electrons. The van der Waals surface area contributed by atoms with Crippen LogP contribution in [0, 0.1) is 22.7 Å². The van der Waals surface area contributed by atoms with Crippen LogP contribution in [0.5, 0.6) is 0 Å². The monoisotopic (exact) mass is 319 g/mol. The van der Waals surface area contributed by atoms with E-state index in [1.165, 1.54) is 12.8 Å². The van der Waals surface area contributed by atoms with Crippen molar-refractivity contribution in [3.05, 3.63) is 51.3 Å². The second-order valence-electron chi connectivity index (χ2n) is 5.86. The lowest BCUT2D eigenvalue weighted by molar-refractivity contribution is 0.332. The van der Waals surface area contributed by atoms with Crippen LogP contribution in [0.25, 0.3) is 11.1 Å². The van der Waals surface area contributed by atoms with E-state index in [2.05, 4.69) is 9.88 Å². The summed E-state index contributed by atoms with van der Waals surface area (Å²) in [5.41, 5.74) is 7.34. The van der Waals surface area contributed by atoms with Crippen LogP contribution >= 0.6 is 0 Å². The third-order valence-corrected chi connectivity index (χ3v) is 4.35. The number of aromatic nitrogens is 1. The molecule has 3 rings (SSSR count). The number of nitrogen functional groups attached to an aromatic ring is 1. The van der Waals surface area contributed by atoms with E-state index < -0.39 is 5.56 Å². The van der Waals surface area contributed by atoms with Gasteiger partial charge in [-0.25, -0.2) is 0 Å². The number of H-pyrrole nitrogens is 1. The minimum absolute atomic E-state index is 0.00697. The summed E-state index contributed by atoms with van der Waals surface area (Å²) >= 11 is 0. The highest BCUT2D eigenvalue weighted by atomic mass is 16.1. The Bertz CT molecular complexity index is 910. The summed E-state index contributed by atoms with van der Waals surface area (Å²) in [6.07, 6.45) is 2.35. The molecule has 0 saturated carbocycles. The second-order valence-corrected chi connectivity index (χ2v) is 5.86. The first-order valence-corrected chi connectivity index (χ1v) is 7.82. The largest absolute Gasteiger partial charge is 0.384 e. The first kappa shape index (κ1) is 15.8. The van der Waals surface area contributed by atoms with Crippen molar-refractivity contribution in [3.63, 3.8) is 0 Å². The average molecular weight is 319 g/mol. The molecule has 0 atom stereocenters. The SMILES string of the molecule is N#Cc1c(N)[nH]c(=O)c(C#N)c1-c1ccccc1CN1CCCC1. The van der Waals surface area contributed by atoms with Crippen LogP contribution < -0.4 is 11.3 Å². The summed E-state index contributed by atoms with van der Waals surface area (Å²) in [4.78, 5) is 16.8. The zero-order chi connectivity index (χ0) is 17.1. The summed E-state index contributed by atoms with van der Waals surface area (Å²) in [6.45, 7) is 2.78. The number of likely N-dealkylation sites (tertiary alicyclic amines) is 1. The second kappa shape index (κ2) is 6.57. The van der Waals surface area contributed by atoms with Crippen molar-refractivity contribution in [2.24, 2.45) is 0 Å². The van der Waals surface area contributed by atoms with Crippen LogP contribution in [-0.2, 0) is 6.54 Å². The van der Waals surface area contributed by atoms with Crippen LogP contribution in [0.3, 0.4) is 0 Å². The molecule has 0 spiro atoms. The predicted octanol–water partition coefficient (Wildman–Crippen LogP) is 1.96. The lowest BCUT2D eigenvalue weighted by atomic mass is 9.92. The van der Waals surface area contributed by atoms with Gasteiger partial charge in [-0.1, -0.05) is 24.3 Å². The van der Waals surface area contributed by atoms with Crippen molar-refractivity contribution in [1.82, 2.24) is 9.88 Å². The van der Waals surface area contributed by atoms with Crippen molar-refractivity contribution in [2.45, 2.75) is 19.4 Å². The molecular formula is C18H17N5O. The lowest BCUT2D eigenvalue weighted by Gasteiger charge is -2.18. The van der Waals surface area contributed by atoms with Crippen molar-refractivity contribution < 1.29 is 0 Å². The van der Waals surface area contributed by atoms with Crippen molar-refractivity contribution in [3.8, 4) is 23.3 Å². The summed E-state index contributed by atoms with van der Waals surface area (Å²) in [5.74, 6) is -0.00697. The Labute approximate surface area is 139 Å². The van der Waals surface area contributed by atoms with Gasteiger partial charge in [0.15, 0.2) is 0 Å². The molecule has 0 amide bonds. The molecule has 1 fully saturated rings. The third-order valence-electron chi connectivity index (χ3n) is 4.35. The Morgan fingerprint density at radius 3 is 2.46 bits per heavy atom. The van der Waals surface area contributed by atoms with E-state index in [1.54, 1.807) is 0 Å². The quantitative estimate of drug-likeness (QED) is 0.898. The van der Waals surface area contributed by atoms with Crippen LogP contribution in [-0.4, -0.2) is 23.0 Å². The van der Waals surface area contributed by atoms with E-state index in [0.717, 1.165) is 30.8 Å². The summed E-state index contributed by atoms with van der Waals surface area (Å²) in [6, 6.07) is 11.5. The van der Waals surface area contributed by atoms with Gasteiger partial charge in [0.1, 0.15) is 29.1 Å². The van der Waals surface area contributed by atoms with E-state index in [0.29, 0.717) is 5.56 Å². The van der Waals surface area contributed by atoms with Gasteiger partial charge in [-0.15, -0.1) is 0 Å². The molecule has 6 nitrogen and oxygen atoms in total. The molecule has 1 aromatic carbocycles. The zero-order valence-corrected chi connectivity index (χ0v) is 13.2. The number of nitrogens with one attached hydrogen (secondary N) is 1.